The molecule has 0 fully saturated rings. The molecule has 0 radical (unpaired) electrons. The summed E-state index contributed by atoms with van der Waals surface area (Å²) in [6, 6.07) is 24.9. The van der Waals surface area contributed by atoms with Crippen molar-refractivity contribution < 1.29 is 9.59 Å². The number of nitriles is 1. The molecule has 2 amide bonds. The summed E-state index contributed by atoms with van der Waals surface area (Å²) in [5.74, 6) is 0.0506. The average Bonchev–Trinajstić information content (AvgIpc) is 2.88. The molecule has 166 valence electrons. The van der Waals surface area contributed by atoms with E-state index in [0.717, 1.165) is 35.3 Å². The minimum absolute atomic E-state index is 0.0317. The Morgan fingerprint density at radius 1 is 1.03 bits per heavy atom. The molecule has 4 rings (SSSR count). The SMILES string of the molecule is CCN(C(=O)c1ccc2c(c1)CCCN2C(=O)CCc1ccc(C#N)cc1)c1ccccc1. The molecule has 1 heterocycles. The van der Waals surface area contributed by atoms with Crippen molar-refractivity contribution in [3.8, 4) is 6.07 Å². The number of amides is 2. The van der Waals surface area contributed by atoms with Crippen LogP contribution in [0, 0.1) is 11.3 Å². The van der Waals surface area contributed by atoms with Crippen molar-refractivity contribution in [2.75, 3.05) is 22.9 Å². The minimum atomic E-state index is -0.0317. The minimum Gasteiger partial charge on any atom is -0.312 e. The van der Waals surface area contributed by atoms with E-state index in [4.69, 9.17) is 5.26 Å². The van der Waals surface area contributed by atoms with E-state index < -0.39 is 0 Å². The summed E-state index contributed by atoms with van der Waals surface area (Å²) in [4.78, 5) is 29.8. The van der Waals surface area contributed by atoms with Gasteiger partial charge in [-0.1, -0.05) is 30.3 Å². The van der Waals surface area contributed by atoms with Gasteiger partial charge in [-0.15, -0.1) is 0 Å². The van der Waals surface area contributed by atoms with Gasteiger partial charge in [-0.05, 0) is 79.8 Å². The lowest BCUT2D eigenvalue weighted by Gasteiger charge is -2.30. The highest BCUT2D eigenvalue weighted by atomic mass is 16.2. The van der Waals surface area contributed by atoms with E-state index >= 15 is 0 Å². The van der Waals surface area contributed by atoms with E-state index in [2.05, 4.69) is 6.07 Å². The molecule has 0 saturated carbocycles. The topological polar surface area (TPSA) is 64.4 Å². The second-order valence-corrected chi connectivity index (χ2v) is 8.19. The van der Waals surface area contributed by atoms with Crippen molar-refractivity contribution in [3.63, 3.8) is 0 Å². The van der Waals surface area contributed by atoms with Crippen molar-refractivity contribution in [2.45, 2.75) is 32.6 Å². The van der Waals surface area contributed by atoms with E-state index in [9.17, 15) is 9.59 Å². The van der Waals surface area contributed by atoms with Crippen molar-refractivity contribution in [3.05, 3.63) is 95.1 Å². The third kappa shape index (κ3) is 4.96. The summed E-state index contributed by atoms with van der Waals surface area (Å²) in [5, 5.41) is 8.93. The van der Waals surface area contributed by atoms with Gasteiger partial charge in [0.15, 0.2) is 0 Å². The van der Waals surface area contributed by atoms with E-state index in [1.165, 1.54) is 0 Å². The molecule has 3 aromatic rings. The van der Waals surface area contributed by atoms with Crippen LogP contribution in [0.5, 0.6) is 0 Å². The Kier molecular flexibility index (Phi) is 6.85. The second kappa shape index (κ2) is 10.1. The fourth-order valence-electron chi connectivity index (χ4n) is 4.33. The first-order valence-electron chi connectivity index (χ1n) is 11.4. The van der Waals surface area contributed by atoms with Crippen molar-refractivity contribution >= 4 is 23.2 Å². The Bertz CT molecular complexity index is 1180. The molecule has 33 heavy (non-hydrogen) atoms. The number of rotatable bonds is 6. The van der Waals surface area contributed by atoms with Gasteiger partial charge in [-0.25, -0.2) is 0 Å². The van der Waals surface area contributed by atoms with Crippen LogP contribution < -0.4 is 9.80 Å². The molecular formula is C28H27N3O2. The van der Waals surface area contributed by atoms with Gasteiger partial charge in [0, 0.05) is 36.4 Å². The number of para-hydroxylation sites is 1. The summed E-state index contributed by atoms with van der Waals surface area (Å²) >= 11 is 0. The number of carbonyl (C=O) groups excluding carboxylic acids is 2. The zero-order valence-electron chi connectivity index (χ0n) is 18.8. The molecule has 0 spiro atoms. The zero-order valence-corrected chi connectivity index (χ0v) is 18.8. The molecule has 5 nitrogen and oxygen atoms in total. The van der Waals surface area contributed by atoms with Crippen LogP contribution >= 0.6 is 0 Å². The molecule has 0 aromatic heterocycles. The number of benzene rings is 3. The Morgan fingerprint density at radius 3 is 2.48 bits per heavy atom. The Morgan fingerprint density at radius 2 is 1.79 bits per heavy atom. The summed E-state index contributed by atoms with van der Waals surface area (Å²) in [5.41, 5.74) is 5.14. The maximum atomic E-state index is 13.2. The predicted octanol–water partition coefficient (Wildman–Crippen LogP) is 5.14. The third-order valence-electron chi connectivity index (χ3n) is 6.09. The molecule has 5 heteroatoms. The molecule has 1 aliphatic heterocycles. The Balaban J connectivity index is 1.48. The quantitative estimate of drug-likeness (QED) is 0.537. The summed E-state index contributed by atoms with van der Waals surface area (Å²) in [6.07, 6.45) is 2.77. The number of nitrogens with zero attached hydrogens (tertiary/aromatic N) is 3. The number of carbonyl (C=O) groups is 2. The standard InChI is InChI=1S/C28H27N3O2/c1-2-30(25-8-4-3-5-9-25)28(33)24-15-16-26-23(19-24)7-6-18-31(26)27(32)17-14-21-10-12-22(20-29)13-11-21/h3-5,8-13,15-16,19H,2,6-7,14,17-18H2,1H3. The van der Waals surface area contributed by atoms with Gasteiger partial charge in [0.05, 0.1) is 11.6 Å². The van der Waals surface area contributed by atoms with Gasteiger partial charge < -0.3 is 9.80 Å². The molecule has 0 bridgehead atoms. The first kappa shape index (κ1) is 22.3. The lowest BCUT2D eigenvalue weighted by Crippen LogP contribution is -2.36. The highest BCUT2D eigenvalue weighted by Gasteiger charge is 2.24. The van der Waals surface area contributed by atoms with E-state index in [1.807, 2.05) is 72.5 Å². The highest BCUT2D eigenvalue weighted by Crippen LogP contribution is 2.30. The lowest BCUT2D eigenvalue weighted by molar-refractivity contribution is -0.118. The van der Waals surface area contributed by atoms with E-state index in [0.29, 0.717) is 37.1 Å². The number of fused-ring (bicyclic) bond motifs is 1. The second-order valence-electron chi connectivity index (χ2n) is 8.19. The summed E-state index contributed by atoms with van der Waals surface area (Å²) in [7, 11) is 0. The van der Waals surface area contributed by atoms with Crippen LogP contribution in [0.25, 0.3) is 0 Å². The fourth-order valence-corrected chi connectivity index (χ4v) is 4.33. The van der Waals surface area contributed by atoms with Crippen LogP contribution in [0.2, 0.25) is 0 Å². The van der Waals surface area contributed by atoms with Crippen molar-refractivity contribution in [1.29, 1.82) is 5.26 Å². The van der Waals surface area contributed by atoms with E-state index in [1.54, 1.807) is 17.0 Å². The predicted molar refractivity (Wildman–Crippen MR) is 130 cm³/mol. The molecule has 0 unspecified atom stereocenters. The molecule has 0 saturated heterocycles. The van der Waals surface area contributed by atoms with Gasteiger partial charge >= 0.3 is 0 Å². The Labute approximate surface area is 194 Å². The van der Waals surface area contributed by atoms with Crippen LogP contribution in [-0.4, -0.2) is 24.9 Å². The number of anilines is 2. The highest BCUT2D eigenvalue weighted by molar-refractivity contribution is 6.06. The molecule has 1 aliphatic rings. The summed E-state index contributed by atoms with van der Waals surface area (Å²) in [6.45, 7) is 3.25. The largest absolute Gasteiger partial charge is 0.312 e. The zero-order chi connectivity index (χ0) is 23.2. The lowest BCUT2D eigenvalue weighted by atomic mass is 9.97. The first-order chi connectivity index (χ1) is 16.1. The smallest absolute Gasteiger partial charge is 0.258 e. The van der Waals surface area contributed by atoms with Crippen LogP contribution in [-0.2, 0) is 17.6 Å². The van der Waals surface area contributed by atoms with Crippen LogP contribution in [0.15, 0.2) is 72.8 Å². The maximum absolute atomic E-state index is 13.2. The van der Waals surface area contributed by atoms with Crippen molar-refractivity contribution in [1.82, 2.24) is 0 Å². The van der Waals surface area contributed by atoms with Gasteiger partial charge in [0.2, 0.25) is 5.91 Å². The Hall–Kier alpha value is -3.91. The molecule has 0 atom stereocenters. The van der Waals surface area contributed by atoms with Crippen LogP contribution in [0.1, 0.15) is 46.8 Å². The van der Waals surface area contributed by atoms with Gasteiger partial charge in [0.1, 0.15) is 0 Å². The number of aryl methyl sites for hydroxylation is 2. The van der Waals surface area contributed by atoms with E-state index in [-0.39, 0.29) is 11.8 Å². The van der Waals surface area contributed by atoms with Gasteiger partial charge in [0.25, 0.3) is 5.91 Å². The maximum Gasteiger partial charge on any atom is 0.258 e. The molecule has 3 aromatic carbocycles. The fraction of sp³-hybridized carbons (Fsp3) is 0.250. The molecular weight excluding hydrogens is 410 g/mol. The van der Waals surface area contributed by atoms with Gasteiger partial charge in [-0.3, -0.25) is 9.59 Å². The van der Waals surface area contributed by atoms with Crippen molar-refractivity contribution in [2.24, 2.45) is 0 Å². The first-order valence-corrected chi connectivity index (χ1v) is 11.4. The molecule has 0 N–H and O–H groups in total. The third-order valence-corrected chi connectivity index (χ3v) is 6.09. The van der Waals surface area contributed by atoms with Crippen LogP contribution in [0.3, 0.4) is 0 Å². The number of hydrogen-bond acceptors (Lipinski definition) is 3. The number of hydrogen-bond donors (Lipinski definition) is 0. The normalized spacial score (nSPS) is 12.5. The summed E-state index contributed by atoms with van der Waals surface area (Å²) < 4.78 is 0. The monoisotopic (exact) mass is 437 g/mol. The molecule has 0 aliphatic carbocycles. The van der Waals surface area contributed by atoms with Gasteiger partial charge in [-0.2, -0.15) is 5.26 Å². The van der Waals surface area contributed by atoms with Crippen LogP contribution in [0.4, 0.5) is 11.4 Å². The average molecular weight is 438 g/mol.